The largest absolute Gasteiger partial charge is 0.444 e. The number of likely N-dealkylation sites (tertiary alicyclic amines) is 2. The average Bonchev–Trinajstić information content (AvgIpc) is 3.07. The van der Waals surface area contributed by atoms with Crippen molar-refractivity contribution < 1.29 is 23.9 Å². The third-order valence-corrected chi connectivity index (χ3v) is 9.36. The maximum atomic E-state index is 14.5. The lowest BCUT2D eigenvalue weighted by Crippen LogP contribution is -2.60. The van der Waals surface area contributed by atoms with E-state index in [2.05, 4.69) is 22.0 Å². The Balaban J connectivity index is 1.35. The summed E-state index contributed by atoms with van der Waals surface area (Å²) in [6.07, 6.45) is 3.17. The van der Waals surface area contributed by atoms with Gasteiger partial charge in [-0.3, -0.25) is 9.59 Å². The highest BCUT2D eigenvalue weighted by molar-refractivity contribution is 5.90. The monoisotopic (exact) mass is 669 g/mol. The second-order valence-electron chi connectivity index (χ2n) is 14.5. The van der Waals surface area contributed by atoms with Crippen LogP contribution in [-0.2, 0) is 27.2 Å². The van der Waals surface area contributed by atoms with Crippen molar-refractivity contribution in [3.63, 3.8) is 0 Å². The minimum atomic E-state index is -0.867. The zero-order valence-corrected chi connectivity index (χ0v) is 29.3. The molecular formula is C39H51N5O5. The third-order valence-electron chi connectivity index (χ3n) is 9.36. The minimum absolute atomic E-state index is 0.0556. The van der Waals surface area contributed by atoms with E-state index in [9.17, 15) is 19.2 Å². The van der Waals surface area contributed by atoms with Crippen molar-refractivity contribution in [2.75, 3.05) is 32.7 Å². The minimum Gasteiger partial charge on any atom is -0.444 e. The molecule has 2 fully saturated rings. The molecule has 0 aromatic heterocycles. The number of urea groups is 1. The Morgan fingerprint density at radius 3 is 2.35 bits per heavy atom. The van der Waals surface area contributed by atoms with Gasteiger partial charge in [-0.1, -0.05) is 72.8 Å². The Bertz CT molecular complexity index is 1620. The number of amides is 5. The van der Waals surface area contributed by atoms with Crippen LogP contribution in [0.1, 0.15) is 64.5 Å². The van der Waals surface area contributed by atoms with Gasteiger partial charge in [-0.05, 0) is 81.7 Å². The molecule has 2 heterocycles. The van der Waals surface area contributed by atoms with E-state index in [1.807, 2.05) is 94.4 Å². The van der Waals surface area contributed by atoms with Crippen LogP contribution in [0.15, 0.2) is 72.8 Å². The maximum absolute atomic E-state index is 14.5. The molecule has 10 heteroatoms. The van der Waals surface area contributed by atoms with Crippen LogP contribution in [0, 0.1) is 5.41 Å². The van der Waals surface area contributed by atoms with E-state index in [1.54, 1.807) is 9.80 Å². The van der Waals surface area contributed by atoms with Crippen LogP contribution in [0.4, 0.5) is 9.59 Å². The second-order valence-corrected chi connectivity index (χ2v) is 14.5. The summed E-state index contributed by atoms with van der Waals surface area (Å²) in [4.78, 5) is 57.8. The highest BCUT2D eigenvalue weighted by atomic mass is 16.6. The molecule has 3 atom stereocenters. The summed E-state index contributed by atoms with van der Waals surface area (Å²) in [7, 11) is 0. The van der Waals surface area contributed by atoms with Crippen LogP contribution in [-0.4, -0.2) is 84.1 Å². The number of benzene rings is 3. The van der Waals surface area contributed by atoms with Gasteiger partial charge in [0.1, 0.15) is 11.6 Å². The Morgan fingerprint density at radius 1 is 0.898 bits per heavy atom. The molecule has 2 aliphatic rings. The fourth-order valence-electron chi connectivity index (χ4n) is 7.06. The van der Waals surface area contributed by atoms with Crippen molar-refractivity contribution in [3.05, 3.63) is 83.9 Å². The van der Waals surface area contributed by atoms with Gasteiger partial charge in [-0.15, -0.1) is 0 Å². The predicted octanol–water partition coefficient (Wildman–Crippen LogP) is 5.44. The zero-order chi connectivity index (χ0) is 35.0. The van der Waals surface area contributed by atoms with Crippen LogP contribution < -0.4 is 16.0 Å². The molecule has 5 amide bonds. The SMILES string of the molecule is CCNC(=O)[C@]1(Cc2ccccc2)CCCN(C(=O)[C@H](Cc2ccc3ccccc3c2)NC(=O)N[C@@H]2CCCN(C(=O)OC(C)(C)C)C2)C1. The lowest BCUT2D eigenvalue weighted by molar-refractivity contribution is -0.142. The van der Waals surface area contributed by atoms with Gasteiger partial charge in [0.05, 0.1) is 5.41 Å². The van der Waals surface area contributed by atoms with Crippen LogP contribution in [0.3, 0.4) is 0 Å². The van der Waals surface area contributed by atoms with Crippen molar-refractivity contribution in [2.45, 2.75) is 83.9 Å². The molecule has 0 radical (unpaired) electrons. The maximum Gasteiger partial charge on any atom is 0.410 e. The van der Waals surface area contributed by atoms with Gasteiger partial charge in [0.25, 0.3) is 0 Å². The first-order chi connectivity index (χ1) is 23.4. The van der Waals surface area contributed by atoms with Crippen LogP contribution in [0.5, 0.6) is 0 Å². The molecule has 0 unspecified atom stereocenters. The molecule has 3 aromatic rings. The van der Waals surface area contributed by atoms with E-state index < -0.39 is 29.2 Å². The first-order valence-corrected chi connectivity index (χ1v) is 17.6. The summed E-state index contributed by atoms with van der Waals surface area (Å²) in [6.45, 7) is 9.54. The number of rotatable bonds is 9. The quantitative estimate of drug-likeness (QED) is 0.281. The third kappa shape index (κ3) is 9.52. The number of piperidine rings is 2. The topological polar surface area (TPSA) is 120 Å². The van der Waals surface area contributed by atoms with Crippen molar-refractivity contribution in [3.8, 4) is 0 Å². The van der Waals surface area contributed by atoms with Crippen LogP contribution in [0.25, 0.3) is 10.8 Å². The van der Waals surface area contributed by atoms with E-state index in [0.717, 1.165) is 28.3 Å². The van der Waals surface area contributed by atoms with E-state index in [1.165, 1.54) is 0 Å². The van der Waals surface area contributed by atoms with Crippen molar-refractivity contribution in [1.82, 2.24) is 25.8 Å². The number of hydrogen-bond donors (Lipinski definition) is 3. The Morgan fingerprint density at radius 2 is 1.61 bits per heavy atom. The second kappa shape index (κ2) is 15.7. The Labute approximate surface area is 289 Å². The molecule has 49 heavy (non-hydrogen) atoms. The lowest BCUT2D eigenvalue weighted by Gasteiger charge is -2.43. The zero-order valence-electron chi connectivity index (χ0n) is 29.3. The highest BCUT2D eigenvalue weighted by Crippen LogP contribution is 2.35. The lowest BCUT2D eigenvalue weighted by atomic mass is 9.74. The van der Waals surface area contributed by atoms with Gasteiger partial charge in [0, 0.05) is 45.2 Å². The van der Waals surface area contributed by atoms with Gasteiger partial charge in [0.15, 0.2) is 0 Å². The number of ether oxygens (including phenoxy) is 1. The molecule has 3 N–H and O–H groups in total. The summed E-state index contributed by atoms with van der Waals surface area (Å²) in [5.74, 6) is -0.274. The molecule has 10 nitrogen and oxygen atoms in total. The normalized spacial score (nSPS) is 20.3. The van der Waals surface area contributed by atoms with Crippen LogP contribution >= 0.6 is 0 Å². The molecule has 0 spiro atoms. The fourth-order valence-corrected chi connectivity index (χ4v) is 7.06. The summed E-state index contributed by atoms with van der Waals surface area (Å²) >= 11 is 0. The fraction of sp³-hybridized carbons (Fsp3) is 0.487. The number of carbonyl (C=O) groups is 4. The number of hydrogen-bond acceptors (Lipinski definition) is 5. The number of nitrogens with zero attached hydrogens (tertiary/aromatic N) is 2. The molecule has 3 aromatic carbocycles. The molecule has 262 valence electrons. The Kier molecular flexibility index (Phi) is 11.5. The van der Waals surface area contributed by atoms with E-state index in [4.69, 9.17) is 4.74 Å². The molecule has 0 saturated carbocycles. The molecule has 0 bridgehead atoms. The summed E-state index contributed by atoms with van der Waals surface area (Å²) in [6, 6.07) is 22.4. The number of carbonyl (C=O) groups excluding carboxylic acids is 4. The first kappa shape index (κ1) is 35.7. The van der Waals surface area contributed by atoms with Crippen molar-refractivity contribution in [2.24, 2.45) is 5.41 Å². The van der Waals surface area contributed by atoms with E-state index in [-0.39, 0.29) is 30.8 Å². The van der Waals surface area contributed by atoms with Gasteiger partial charge < -0.3 is 30.5 Å². The standard InChI is InChI=1S/C39H51N5O5/c1-5-40-35(46)39(25-28-13-7-6-8-14-28)20-12-22-44(27-39)34(45)33(24-29-18-19-30-15-9-10-16-31(30)23-29)42-36(47)41-32-17-11-21-43(26-32)37(48)49-38(2,3)4/h6-10,13-16,18-19,23,32-33H,5,11-12,17,20-22,24-27H2,1-4H3,(H,40,46)(H2,41,42,47)/t32-,33+,39+/m1/s1. The molecule has 2 saturated heterocycles. The summed E-state index contributed by atoms with van der Waals surface area (Å²) < 4.78 is 5.56. The average molecular weight is 670 g/mol. The summed E-state index contributed by atoms with van der Waals surface area (Å²) in [5, 5.41) is 11.2. The smallest absolute Gasteiger partial charge is 0.410 e. The molecule has 5 rings (SSSR count). The van der Waals surface area contributed by atoms with Crippen molar-refractivity contribution >= 4 is 34.7 Å². The van der Waals surface area contributed by atoms with Gasteiger partial charge in [-0.25, -0.2) is 9.59 Å². The van der Waals surface area contributed by atoms with Gasteiger partial charge in [-0.2, -0.15) is 0 Å². The van der Waals surface area contributed by atoms with Crippen molar-refractivity contribution in [1.29, 1.82) is 0 Å². The van der Waals surface area contributed by atoms with Crippen LogP contribution in [0.2, 0.25) is 0 Å². The first-order valence-electron chi connectivity index (χ1n) is 17.6. The molecule has 2 aliphatic heterocycles. The van der Waals surface area contributed by atoms with E-state index >= 15 is 0 Å². The summed E-state index contributed by atoms with van der Waals surface area (Å²) in [5.41, 5.74) is 0.563. The molecule has 0 aliphatic carbocycles. The van der Waals surface area contributed by atoms with Gasteiger partial charge in [0.2, 0.25) is 11.8 Å². The predicted molar refractivity (Wildman–Crippen MR) is 191 cm³/mol. The number of fused-ring (bicyclic) bond motifs is 1. The number of nitrogens with one attached hydrogen (secondary N) is 3. The Hall–Kier alpha value is -4.60. The van der Waals surface area contributed by atoms with Gasteiger partial charge >= 0.3 is 12.1 Å². The molecular weight excluding hydrogens is 618 g/mol. The highest BCUT2D eigenvalue weighted by Gasteiger charge is 2.44. The van der Waals surface area contributed by atoms with E-state index in [0.29, 0.717) is 51.9 Å².